The molecule has 0 bridgehead atoms. The summed E-state index contributed by atoms with van der Waals surface area (Å²) in [5, 5.41) is 7.01. The first kappa shape index (κ1) is 23.8. The Morgan fingerprint density at radius 1 is 1.00 bits per heavy atom. The zero-order valence-electron chi connectivity index (χ0n) is 20.8. The molecule has 2 aromatic heterocycles. The molecule has 1 saturated heterocycles. The van der Waals surface area contributed by atoms with Crippen molar-refractivity contribution in [1.29, 1.82) is 0 Å². The molecule has 5 rings (SSSR count). The van der Waals surface area contributed by atoms with Crippen molar-refractivity contribution >= 4 is 34.6 Å². The van der Waals surface area contributed by atoms with Gasteiger partial charge in [-0.1, -0.05) is 24.3 Å². The fourth-order valence-electron chi connectivity index (χ4n) is 5.13. The molecule has 0 saturated carbocycles. The first-order valence-corrected chi connectivity index (χ1v) is 12.4. The SMILES string of the molecule is CC(=O)Nc1ccc(N2C(=S)N[C@@H](c3ccccn3)[C@H]2c2cc(C)n(-c3ccccc3C)c2C)cc1. The molecular weight excluding hydrogens is 466 g/mol. The second-order valence-corrected chi connectivity index (χ2v) is 9.56. The fraction of sp³-hybridized carbons (Fsp3) is 0.207. The molecule has 1 fully saturated rings. The molecule has 0 spiro atoms. The number of amides is 1. The van der Waals surface area contributed by atoms with Gasteiger partial charge in [-0.05, 0) is 92.6 Å². The lowest BCUT2D eigenvalue weighted by Crippen LogP contribution is -2.29. The van der Waals surface area contributed by atoms with Gasteiger partial charge in [-0.25, -0.2) is 0 Å². The summed E-state index contributed by atoms with van der Waals surface area (Å²) in [5.74, 6) is -0.0992. The Hall–Kier alpha value is -3.97. The summed E-state index contributed by atoms with van der Waals surface area (Å²) in [5.41, 5.74) is 8.54. The van der Waals surface area contributed by atoms with Gasteiger partial charge in [0.05, 0.1) is 17.8 Å². The lowest BCUT2D eigenvalue weighted by molar-refractivity contribution is -0.114. The highest BCUT2D eigenvalue weighted by molar-refractivity contribution is 7.80. The van der Waals surface area contributed by atoms with E-state index in [9.17, 15) is 4.79 Å². The van der Waals surface area contributed by atoms with Crippen molar-refractivity contribution in [1.82, 2.24) is 14.9 Å². The molecule has 2 aromatic carbocycles. The third-order valence-electron chi connectivity index (χ3n) is 6.71. The number of carbonyl (C=O) groups excluding carboxylic acids is 1. The Morgan fingerprint density at radius 3 is 2.39 bits per heavy atom. The van der Waals surface area contributed by atoms with Crippen LogP contribution in [-0.2, 0) is 4.79 Å². The van der Waals surface area contributed by atoms with E-state index in [2.05, 4.69) is 76.2 Å². The number of nitrogens with one attached hydrogen (secondary N) is 2. The van der Waals surface area contributed by atoms with E-state index in [1.54, 1.807) is 0 Å². The summed E-state index contributed by atoms with van der Waals surface area (Å²) in [6, 6.07) is 24.2. The van der Waals surface area contributed by atoms with E-state index in [-0.39, 0.29) is 18.0 Å². The molecule has 2 atom stereocenters. The van der Waals surface area contributed by atoms with Crippen LogP contribution in [0.2, 0.25) is 0 Å². The molecule has 7 heteroatoms. The number of benzene rings is 2. The van der Waals surface area contributed by atoms with Gasteiger partial charge in [0.15, 0.2) is 5.11 Å². The number of carbonyl (C=O) groups is 1. The van der Waals surface area contributed by atoms with Crippen molar-refractivity contribution in [2.45, 2.75) is 39.8 Å². The predicted octanol–water partition coefficient (Wildman–Crippen LogP) is 5.93. The molecule has 6 nitrogen and oxygen atoms in total. The average Bonchev–Trinajstić information content (AvgIpc) is 3.35. The van der Waals surface area contributed by atoms with E-state index in [0.717, 1.165) is 22.8 Å². The van der Waals surface area contributed by atoms with Gasteiger partial charge >= 0.3 is 0 Å². The predicted molar refractivity (Wildman–Crippen MR) is 149 cm³/mol. The van der Waals surface area contributed by atoms with Crippen LogP contribution in [0.25, 0.3) is 5.69 Å². The first-order chi connectivity index (χ1) is 17.3. The highest BCUT2D eigenvalue weighted by atomic mass is 32.1. The number of aryl methyl sites for hydroxylation is 2. The van der Waals surface area contributed by atoms with Crippen molar-refractivity contribution in [3.63, 3.8) is 0 Å². The average molecular weight is 496 g/mol. The Kier molecular flexibility index (Phi) is 6.33. The molecule has 182 valence electrons. The summed E-state index contributed by atoms with van der Waals surface area (Å²) < 4.78 is 2.32. The molecule has 0 aliphatic carbocycles. The van der Waals surface area contributed by atoms with Gasteiger partial charge in [0.2, 0.25) is 5.91 Å². The van der Waals surface area contributed by atoms with E-state index >= 15 is 0 Å². The van der Waals surface area contributed by atoms with Crippen molar-refractivity contribution in [2.24, 2.45) is 0 Å². The second kappa shape index (κ2) is 9.59. The van der Waals surface area contributed by atoms with Crippen LogP contribution in [0, 0.1) is 20.8 Å². The highest BCUT2D eigenvalue weighted by Crippen LogP contribution is 2.44. The quantitative estimate of drug-likeness (QED) is 0.336. The van der Waals surface area contributed by atoms with Gasteiger partial charge in [0.1, 0.15) is 0 Å². The molecular formula is C29H29N5OS. The Bertz CT molecular complexity index is 1430. The fourth-order valence-corrected chi connectivity index (χ4v) is 5.48. The van der Waals surface area contributed by atoms with Crippen LogP contribution in [0.4, 0.5) is 11.4 Å². The van der Waals surface area contributed by atoms with Crippen molar-refractivity contribution in [2.75, 3.05) is 10.2 Å². The summed E-state index contributed by atoms with van der Waals surface area (Å²) >= 11 is 5.89. The minimum atomic E-state index is -0.125. The topological polar surface area (TPSA) is 62.2 Å². The lowest BCUT2D eigenvalue weighted by Gasteiger charge is -2.28. The number of pyridine rings is 1. The molecule has 36 heavy (non-hydrogen) atoms. The Labute approximate surface area is 217 Å². The third kappa shape index (κ3) is 4.27. The van der Waals surface area contributed by atoms with Crippen molar-refractivity contribution in [3.05, 3.63) is 107 Å². The molecule has 1 aliphatic rings. The Morgan fingerprint density at radius 2 is 1.72 bits per heavy atom. The van der Waals surface area contributed by atoms with Crippen LogP contribution >= 0.6 is 12.2 Å². The van der Waals surface area contributed by atoms with Crippen LogP contribution in [0.1, 0.15) is 47.2 Å². The zero-order valence-corrected chi connectivity index (χ0v) is 21.6. The molecule has 0 radical (unpaired) electrons. The van der Waals surface area contributed by atoms with Gasteiger partial charge in [-0.3, -0.25) is 9.78 Å². The van der Waals surface area contributed by atoms with Gasteiger partial charge in [-0.15, -0.1) is 0 Å². The number of rotatable bonds is 5. The standard InChI is InChI=1S/C29H29N5OS/c1-18-9-5-6-11-26(18)33-19(2)17-24(20(33)3)28-27(25-10-7-8-16-30-25)32-29(36)34(28)23-14-12-22(13-15-23)31-21(4)35/h5-17,27-28H,1-4H3,(H,31,35)(H,32,36)/t27-,28+/m0/s1. The maximum atomic E-state index is 11.5. The molecule has 4 aromatic rings. The number of para-hydroxylation sites is 1. The summed E-state index contributed by atoms with van der Waals surface area (Å²) in [7, 11) is 0. The molecule has 0 unspecified atom stereocenters. The number of anilines is 2. The maximum absolute atomic E-state index is 11.5. The zero-order chi connectivity index (χ0) is 25.4. The summed E-state index contributed by atoms with van der Waals surface area (Å²) in [6.45, 7) is 7.96. The number of nitrogens with zero attached hydrogens (tertiary/aromatic N) is 3. The minimum Gasteiger partial charge on any atom is -0.351 e. The third-order valence-corrected chi connectivity index (χ3v) is 7.02. The lowest BCUT2D eigenvalue weighted by atomic mass is 9.96. The number of aromatic nitrogens is 2. The van der Waals surface area contributed by atoms with Crippen LogP contribution in [0.5, 0.6) is 0 Å². The monoisotopic (exact) mass is 495 g/mol. The van der Waals surface area contributed by atoms with Crippen molar-refractivity contribution < 1.29 is 4.79 Å². The maximum Gasteiger partial charge on any atom is 0.221 e. The molecule has 3 heterocycles. The number of hydrogen-bond acceptors (Lipinski definition) is 3. The van der Waals surface area contributed by atoms with Crippen molar-refractivity contribution in [3.8, 4) is 5.69 Å². The normalized spacial score (nSPS) is 17.2. The summed E-state index contributed by atoms with van der Waals surface area (Å²) in [6.07, 6.45) is 1.82. The highest BCUT2D eigenvalue weighted by Gasteiger charge is 2.42. The number of hydrogen-bond donors (Lipinski definition) is 2. The van der Waals surface area contributed by atoms with E-state index in [1.165, 1.54) is 29.4 Å². The van der Waals surface area contributed by atoms with Crippen LogP contribution < -0.4 is 15.5 Å². The van der Waals surface area contributed by atoms with E-state index in [1.807, 2.05) is 48.7 Å². The largest absolute Gasteiger partial charge is 0.351 e. The van der Waals surface area contributed by atoms with E-state index in [0.29, 0.717) is 5.11 Å². The van der Waals surface area contributed by atoms with Gasteiger partial charge in [-0.2, -0.15) is 0 Å². The smallest absolute Gasteiger partial charge is 0.221 e. The van der Waals surface area contributed by atoms with Crippen LogP contribution in [0.15, 0.2) is 79.0 Å². The summed E-state index contributed by atoms with van der Waals surface area (Å²) in [4.78, 5) is 18.3. The van der Waals surface area contributed by atoms with E-state index < -0.39 is 0 Å². The molecule has 1 amide bonds. The second-order valence-electron chi connectivity index (χ2n) is 9.17. The van der Waals surface area contributed by atoms with E-state index in [4.69, 9.17) is 12.2 Å². The first-order valence-electron chi connectivity index (χ1n) is 12.0. The van der Waals surface area contributed by atoms with Crippen LogP contribution in [0.3, 0.4) is 0 Å². The van der Waals surface area contributed by atoms with Gasteiger partial charge < -0.3 is 20.1 Å². The number of thiocarbonyl (C=S) groups is 1. The molecule has 1 aliphatic heterocycles. The van der Waals surface area contributed by atoms with Crippen LogP contribution in [-0.4, -0.2) is 20.6 Å². The van der Waals surface area contributed by atoms with Gasteiger partial charge in [0.25, 0.3) is 0 Å². The minimum absolute atomic E-state index is 0.0992. The van der Waals surface area contributed by atoms with Gasteiger partial charge in [0, 0.05) is 41.6 Å². The molecule has 2 N–H and O–H groups in total. The Balaban J connectivity index is 1.64.